The lowest BCUT2D eigenvalue weighted by Crippen LogP contribution is -2.05. The van der Waals surface area contributed by atoms with Crippen molar-refractivity contribution in [3.8, 4) is 17.0 Å². The number of para-hydroxylation sites is 1. The largest absolute Gasteiger partial charge is 0.496 e. The van der Waals surface area contributed by atoms with Gasteiger partial charge >= 0.3 is 5.97 Å². The molecule has 3 aromatic rings. The van der Waals surface area contributed by atoms with E-state index < -0.39 is 5.97 Å². The number of benzene rings is 1. The number of rotatable bonds is 4. The maximum absolute atomic E-state index is 12.0. The lowest BCUT2D eigenvalue weighted by molar-refractivity contribution is 0.0528. The van der Waals surface area contributed by atoms with Crippen LogP contribution in [-0.2, 0) is 4.74 Å². The van der Waals surface area contributed by atoms with E-state index >= 15 is 0 Å². The maximum Gasteiger partial charge on any atom is 0.343 e. The fraction of sp³-hybridized carbons (Fsp3) is 0.188. The second-order valence-electron chi connectivity index (χ2n) is 4.56. The van der Waals surface area contributed by atoms with Gasteiger partial charge in [0.2, 0.25) is 0 Å². The van der Waals surface area contributed by atoms with Gasteiger partial charge in [-0.3, -0.25) is 0 Å². The van der Waals surface area contributed by atoms with Crippen LogP contribution >= 0.6 is 0 Å². The van der Waals surface area contributed by atoms with E-state index in [4.69, 9.17) is 9.47 Å². The van der Waals surface area contributed by atoms with Crippen LogP contribution < -0.4 is 4.74 Å². The van der Waals surface area contributed by atoms with Gasteiger partial charge < -0.3 is 9.47 Å². The summed E-state index contributed by atoms with van der Waals surface area (Å²) in [6, 6.07) is 9.41. The molecule has 6 nitrogen and oxygen atoms in total. The Bertz CT molecular complexity index is 826. The average Bonchev–Trinajstić information content (AvgIpc) is 2.98. The first-order valence-electron chi connectivity index (χ1n) is 6.89. The molecule has 2 aromatic heterocycles. The van der Waals surface area contributed by atoms with Gasteiger partial charge in [0.05, 0.1) is 25.6 Å². The zero-order valence-electron chi connectivity index (χ0n) is 12.3. The van der Waals surface area contributed by atoms with Gasteiger partial charge in [-0.25, -0.2) is 14.3 Å². The van der Waals surface area contributed by atoms with Gasteiger partial charge in [0.15, 0.2) is 5.65 Å². The Kier molecular flexibility index (Phi) is 3.74. The second-order valence-corrected chi connectivity index (χ2v) is 4.56. The van der Waals surface area contributed by atoms with E-state index in [0.29, 0.717) is 23.5 Å². The smallest absolute Gasteiger partial charge is 0.343 e. The molecule has 0 bridgehead atoms. The van der Waals surface area contributed by atoms with E-state index in [9.17, 15) is 4.79 Å². The Hall–Kier alpha value is -2.89. The molecule has 0 aliphatic heterocycles. The number of methoxy groups -OCH3 is 1. The Morgan fingerprint density at radius 2 is 2.09 bits per heavy atom. The van der Waals surface area contributed by atoms with Gasteiger partial charge in [0.25, 0.3) is 0 Å². The SMILES string of the molecule is CCOC(=O)c1cnn2ccc(-c3ccccc3OC)nc12. The van der Waals surface area contributed by atoms with Gasteiger partial charge in [-0.2, -0.15) is 5.10 Å². The normalized spacial score (nSPS) is 10.6. The summed E-state index contributed by atoms with van der Waals surface area (Å²) in [6.45, 7) is 2.07. The molecule has 0 N–H and O–H groups in total. The molecule has 112 valence electrons. The molecule has 0 aliphatic carbocycles. The van der Waals surface area contributed by atoms with E-state index in [1.807, 2.05) is 30.3 Å². The fourth-order valence-electron chi connectivity index (χ4n) is 2.23. The first kappa shape index (κ1) is 14.1. The van der Waals surface area contributed by atoms with Crippen molar-refractivity contribution in [2.45, 2.75) is 6.92 Å². The Labute approximate surface area is 127 Å². The third-order valence-corrected chi connectivity index (χ3v) is 3.25. The maximum atomic E-state index is 12.0. The lowest BCUT2D eigenvalue weighted by atomic mass is 10.1. The first-order valence-corrected chi connectivity index (χ1v) is 6.89. The molecule has 0 aliphatic rings. The molecule has 0 saturated heterocycles. The number of carbonyl (C=O) groups is 1. The summed E-state index contributed by atoms with van der Waals surface area (Å²) in [5, 5.41) is 4.12. The summed E-state index contributed by atoms with van der Waals surface area (Å²) in [5.41, 5.74) is 2.36. The van der Waals surface area contributed by atoms with Crippen molar-refractivity contribution in [2.75, 3.05) is 13.7 Å². The fourth-order valence-corrected chi connectivity index (χ4v) is 2.23. The summed E-state index contributed by atoms with van der Waals surface area (Å²) in [5.74, 6) is 0.290. The highest BCUT2D eigenvalue weighted by Gasteiger charge is 2.16. The van der Waals surface area contributed by atoms with Crippen LogP contribution in [0, 0.1) is 0 Å². The number of fused-ring (bicyclic) bond motifs is 1. The Morgan fingerprint density at radius 3 is 2.86 bits per heavy atom. The molecule has 0 radical (unpaired) electrons. The average molecular weight is 297 g/mol. The van der Waals surface area contributed by atoms with Crippen molar-refractivity contribution in [1.29, 1.82) is 0 Å². The molecule has 0 spiro atoms. The van der Waals surface area contributed by atoms with Crippen LogP contribution in [0.5, 0.6) is 5.75 Å². The minimum atomic E-state index is -0.429. The van der Waals surface area contributed by atoms with Crippen LogP contribution in [-0.4, -0.2) is 34.3 Å². The monoisotopic (exact) mass is 297 g/mol. The summed E-state index contributed by atoms with van der Waals surface area (Å²) in [4.78, 5) is 16.5. The van der Waals surface area contributed by atoms with Crippen molar-refractivity contribution in [1.82, 2.24) is 14.6 Å². The van der Waals surface area contributed by atoms with E-state index in [1.165, 1.54) is 6.20 Å². The molecule has 1 aromatic carbocycles. The molecular weight excluding hydrogens is 282 g/mol. The molecule has 0 atom stereocenters. The van der Waals surface area contributed by atoms with Gasteiger partial charge in [0, 0.05) is 11.8 Å². The van der Waals surface area contributed by atoms with E-state index in [2.05, 4.69) is 10.1 Å². The standard InChI is InChI=1S/C16H15N3O3/c1-3-22-16(20)12-10-17-19-9-8-13(18-15(12)19)11-6-4-5-7-14(11)21-2/h4-10H,3H2,1-2H3. The molecule has 6 heteroatoms. The van der Waals surface area contributed by atoms with Crippen LogP contribution in [0.4, 0.5) is 0 Å². The highest BCUT2D eigenvalue weighted by atomic mass is 16.5. The van der Waals surface area contributed by atoms with Crippen molar-refractivity contribution >= 4 is 11.6 Å². The summed E-state index contributed by atoms with van der Waals surface area (Å²) < 4.78 is 11.9. The number of esters is 1. The number of hydrogen-bond donors (Lipinski definition) is 0. The number of hydrogen-bond acceptors (Lipinski definition) is 5. The number of ether oxygens (including phenoxy) is 2. The first-order chi connectivity index (χ1) is 10.7. The van der Waals surface area contributed by atoms with Crippen LogP contribution in [0.2, 0.25) is 0 Å². The minimum Gasteiger partial charge on any atom is -0.496 e. The summed E-state index contributed by atoms with van der Waals surface area (Å²) in [6.07, 6.45) is 3.22. The number of aromatic nitrogens is 3. The topological polar surface area (TPSA) is 65.7 Å². The van der Waals surface area contributed by atoms with Crippen molar-refractivity contribution in [3.63, 3.8) is 0 Å². The summed E-state index contributed by atoms with van der Waals surface area (Å²) in [7, 11) is 1.61. The van der Waals surface area contributed by atoms with Crippen LogP contribution in [0.25, 0.3) is 16.9 Å². The van der Waals surface area contributed by atoms with Crippen molar-refractivity contribution in [2.24, 2.45) is 0 Å². The Morgan fingerprint density at radius 1 is 1.27 bits per heavy atom. The van der Waals surface area contributed by atoms with E-state index in [0.717, 1.165) is 11.3 Å². The van der Waals surface area contributed by atoms with Crippen LogP contribution in [0.15, 0.2) is 42.7 Å². The quantitative estimate of drug-likeness (QED) is 0.692. The van der Waals surface area contributed by atoms with Crippen molar-refractivity contribution < 1.29 is 14.3 Å². The number of carbonyl (C=O) groups excluding carboxylic acids is 1. The lowest BCUT2D eigenvalue weighted by Gasteiger charge is -2.08. The van der Waals surface area contributed by atoms with Gasteiger partial charge in [0.1, 0.15) is 11.3 Å². The van der Waals surface area contributed by atoms with Gasteiger partial charge in [-0.15, -0.1) is 0 Å². The Balaban J connectivity index is 2.12. The molecule has 0 saturated carbocycles. The predicted molar refractivity (Wildman–Crippen MR) is 80.9 cm³/mol. The molecule has 0 amide bonds. The van der Waals surface area contributed by atoms with Gasteiger partial charge in [-0.1, -0.05) is 12.1 Å². The zero-order valence-corrected chi connectivity index (χ0v) is 12.3. The number of nitrogens with zero attached hydrogens (tertiary/aromatic N) is 3. The zero-order chi connectivity index (χ0) is 15.5. The molecule has 0 fully saturated rings. The van der Waals surface area contributed by atoms with Crippen LogP contribution in [0.3, 0.4) is 0 Å². The van der Waals surface area contributed by atoms with Gasteiger partial charge in [-0.05, 0) is 25.1 Å². The molecule has 2 heterocycles. The molecule has 3 rings (SSSR count). The highest BCUT2D eigenvalue weighted by molar-refractivity contribution is 5.95. The minimum absolute atomic E-state index is 0.308. The molecule has 0 unspecified atom stereocenters. The molecule has 22 heavy (non-hydrogen) atoms. The van der Waals surface area contributed by atoms with Crippen molar-refractivity contribution in [3.05, 3.63) is 48.3 Å². The van der Waals surface area contributed by atoms with E-state index in [-0.39, 0.29) is 0 Å². The predicted octanol–water partition coefficient (Wildman–Crippen LogP) is 2.58. The highest BCUT2D eigenvalue weighted by Crippen LogP contribution is 2.28. The third-order valence-electron chi connectivity index (χ3n) is 3.25. The van der Waals surface area contributed by atoms with E-state index in [1.54, 1.807) is 24.7 Å². The summed E-state index contributed by atoms with van der Waals surface area (Å²) >= 11 is 0. The molecular formula is C16H15N3O3. The second kappa shape index (κ2) is 5.85. The van der Waals surface area contributed by atoms with Crippen LogP contribution in [0.1, 0.15) is 17.3 Å². The third kappa shape index (κ3) is 2.39.